The van der Waals surface area contributed by atoms with Crippen molar-refractivity contribution in [1.29, 1.82) is 0 Å². The van der Waals surface area contributed by atoms with E-state index in [1.807, 2.05) is 33.0 Å². The molecule has 0 aliphatic heterocycles. The fourth-order valence-corrected chi connectivity index (χ4v) is 4.96. The van der Waals surface area contributed by atoms with Gasteiger partial charge in [0.25, 0.3) is 0 Å². The van der Waals surface area contributed by atoms with Gasteiger partial charge in [0.15, 0.2) is 0 Å². The summed E-state index contributed by atoms with van der Waals surface area (Å²) in [4.78, 5) is 13.3. The van der Waals surface area contributed by atoms with Crippen molar-refractivity contribution in [3.63, 3.8) is 0 Å². The van der Waals surface area contributed by atoms with Crippen LogP contribution in [0, 0.1) is 19.7 Å². The van der Waals surface area contributed by atoms with Crippen molar-refractivity contribution in [2.24, 2.45) is 0 Å². The highest BCUT2D eigenvalue weighted by molar-refractivity contribution is 7.21. The van der Waals surface area contributed by atoms with E-state index in [0.717, 1.165) is 33.5 Å². The molecule has 3 aromatic carbocycles. The van der Waals surface area contributed by atoms with Gasteiger partial charge in [-0.05, 0) is 62.9 Å². The topological polar surface area (TPSA) is 110 Å². The van der Waals surface area contributed by atoms with Gasteiger partial charge < -0.3 is 14.8 Å². The van der Waals surface area contributed by atoms with E-state index in [1.165, 1.54) is 36.8 Å². The highest BCUT2D eigenvalue weighted by Crippen LogP contribution is 2.40. The normalized spacial score (nSPS) is 11.1. The lowest BCUT2D eigenvalue weighted by molar-refractivity contribution is -0.176. The van der Waals surface area contributed by atoms with E-state index in [0.29, 0.717) is 40.7 Å². The fourth-order valence-electron chi connectivity index (χ4n) is 3.87. The minimum atomic E-state index is -4.52. The van der Waals surface area contributed by atoms with Crippen LogP contribution in [-0.4, -0.2) is 52.8 Å². The zero-order valence-corrected chi connectivity index (χ0v) is 24.1. The zero-order chi connectivity index (χ0) is 30.9. The van der Waals surface area contributed by atoms with Crippen molar-refractivity contribution >= 4 is 32.6 Å². The van der Waals surface area contributed by atoms with Gasteiger partial charge in [-0.15, -0.1) is 11.3 Å². The van der Waals surface area contributed by atoms with Crippen LogP contribution < -0.4 is 10.1 Å². The molecule has 0 spiro atoms. The van der Waals surface area contributed by atoms with Crippen LogP contribution in [0.25, 0.3) is 31.8 Å². The largest absolute Gasteiger partial charge is 0.492 e. The summed E-state index contributed by atoms with van der Waals surface area (Å²) in [6.45, 7) is 5.19. The van der Waals surface area contributed by atoms with Gasteiger partial charge in [0.2, 0.25) is 0 Å². The Morgan fingerprint density at radius 3 is 2.31 bits per heavy atom. The molecule has 0 saturated carbocycles. The van der Waals surface area contributed by atoms with E-state index in [4.69, 9.17) is 20.0 Å². The first-order valence-corrected chi connectivity index (χ1v) is 13.4. The predicted molar refractivity (Wildman–Crippen MR) is 154 cm³/mol. The maximum Gasteiger partial charge on any atom is 0.416 e. The zero-order valence-electron chi connectivity index (χ0n) is 23.3. The van der Waals surface area contributed by atoms with E-state index in [-0.39, 0.29) is 17.9 Å². The van der Waals surface area contributed by atoms with Crippen LogP contribution in [0.1, 0.15) is 22.4 Å². The number of hydrogen-bond donors (Lipinski definition) is 3. The summed E-state index contributed by atoms with van der Waals surface area (Å²) in [5.74, 6) is 0.522. The van der Waals surface area contributed by atoms with Crippen molar-refractivity contribution in [2.45, 2.75) is 26.6 Å². The van der Waals surface area contributed by atoms with Gasteiger partial charge >= 0.3 is 6.18 Å². The average Bonchev–Trinajstić information content (AvgIpc) is 3.40. The van der Waals surface area contributed by atoms with Crippen LogP contribution in [0.3, 0.4) is 0 Å². The quantitative estimate of drug-likeness (QED) is 0.0777. The number of rotatable bonds is 7. The maximum atomic E-state index is 13.6. The Hall–Kier alpha value is -3.75. The third-order valence-corrected chi connectivity index (χ3v) is 6.87. The molecule has 0 amide bonds. The summed E-state index contributed by atoms with van der Waals surface area (Å²) >= 11 is 1.30. The van der Waals surface area contributed by atoms with E-state index in [9.17, 15) is 17.6 Å². The lowest BCUT2D eigenvalue weighted by atomic mass is 10.1. The molecular formula is C29H30F4N4O4S. The van der Waals surface area contributed by atoms with Crippen LogP contribution in [0.4, 0.5) is 17.6 Å². The number of methoxy groups -OCH3 is 1. The molecule has 5 rings (SSSR count). The molecule has 0 atom stereocenters. The fraction of sp³-hybridized carbons (Fsp3) is 0.276. The minimum absolute atomic E-state index is 0.149. The molecule has 0 unspecified atom stereocenters. The summed E-state index contributed by atoms with van der Waals surface area (Å²) in [5.41, 5.74) is 3.16. The first-order valence-electron chi connectivity index (χ1n) is 12.6. The maximum absolute atomic E-state index is 13.6. The summed E-state index contributed by atoms with van der Waals surface area (Å²) in [6, 6.07) is 12.2. The van der Waals surface area contributed by atoms with Gasteiger partial charge in [0, 0.05) is 19.2 Å². The number of likely N-dealkylation sites (N-methyl/N-ethyl adjacent to an activating group) is 1. The molecule has 0 aliphatic carbocycles. The number of aryl methyl sites for hydroxylation is 2. The second kappa shape index (κ2) is 14.9. The third-order valence-electron chi connectivity index (χ3n) is 5.84. The Bertz CT molecular complexity index is 1590. The number of hydrogen-bond acceptors (Lipinski definition) is 9. The highest BCUT2D eigenvalue weighted by atomic mass is 32.1. The van der Waals surface area contributed by atoms with Crippen molar-refractivity contribution in [1.82, 2.24) is 20.3 Å². The SMILES string of the molecule is CNCCOc1cc(C)c2nc(-c3cc(C(F)(F)F)cc4nc(COC)cnc34)sc2c1.Cc1ccc(F)cc1.OO. The first kappa shape index (κ1) is 32.8. The molecule has 5 aromatic rings. The molecule has 3 N–H and O–H groups in total. The second-order valence-corrected chi connectivity index (χ2v) is 10.1. The Balaban J connectivity index is 0.000000414. The van der Waals surface area contributed by atoms with Gasteiger partial charge in [0.1, 0.15) is 23.2 Å². The molecule has 2 heterocycles. The van der Waals surface area contributed by atoms with Crippen LogP contribution >= 0.6 is 11.3 Å². The molecule has 0 saturated heterocycles. The standard InChI is InChI=1S/C22H21F3N4O2S.C7H7F.H2O2/c1-12-6-15(31-5-4-26-2)9-18-19(12)29-21(32-18)16-7-13(22(23,24)25)8-17-20(16)27-10-14(28-17)11-30-3;1-6-2-4-7(8)5-3-6;1-2/h6-10,26H,4-5,11H2,1-3H3;2-5H,1H3;1-2H. The van der Waals surface area contributed by atoms with Gasteiger partial charge in [-0.3, -0.25) is 15.5 Å². The molecule has 8 nitrogen and oxygen atoms in total. The number of alkyl halides is 3. The van der Waals surface area contributed by atoms with Crippen LogP contribution in [-0.2, 0) is 17.5 Å². The number of nitrogens with zero attached hydrogens (tertiary/aromatic N) is 3. The molecule has 224 valence electrons. The molecule has 13 heteroatoms. The van der Waals surface area contributed by atoms with Gasteiger partial charge in [-0.1, -0.05) is 17.7 Å². The molecule has 0 aliphatic rings. The number of thiazole rings is 1. The van der Waals surface area contributed by atoms with Crippen LogP contribution in [0.15, 0.2) is 54.7 Å². The number of benzene rings is 3. The minimum Gasteiger partial charge on any atom is -0.492 e. The number of ether oxygens (including phenoxy) is 2. The predicted octanol–water partition coefficient (Wildman–Crippen LogP) is 7.13. The average molecular weight is 607 g/mol. The van der Waals surface area contributed by atoms with Crippen molar-refractivity contribution in [2.75, 3.05) is 27.3 Å². The molecule has 2 aromatic heterocycles. The lowest BCUT2D eigenvalue weighted by Crippen LogP contribution is -2.15. The van der Waals surface area contributed by atoms with Gasteiger partial charge in [0.05, 0.1) is 45.3 Å². The van der Waals surface area contributed by atoms with E-state index in [2.05, 4.69) is 20.3 Å². The van der Waals surface area contributed by atoms with Crippen LogP contribution in [0.5, 0.6) is 5.75 Å². The van der Waals surface area contributed by atoms with E-state index in [1.54, 1.807) is 12.1 Å². The second-order valence-electron chi connectivity index (χ2n) is 9.04. The number of halogens is 4. The number of fused-ring (bicyclic) bond motifs is 2. The molecule has 42 heavy (non-hydrogen) atoms. The number of nitrogens with one attached hydrogen (secondary N) is 1. The molecule has 0 bridgehead atoms. The summed E-state index contributed by atoms with van der Waals surface area (Å²) in [6.07, 6.45) is -3.02. The summed E-state index contributed by atoms with van der Waals surface area (Å²) < 4.78 is 64.6. The van der Waals surface area contributed by atoms with Crippen molar-refractivity contribution in [3.05, 3.63) is 82.9 Å². The first-order chi connectivity index (χ1) is 20.1. The molecule has 0 fully saturated rings. The number of aromatic nitrogens is 3. The van der Waals surface area contributed by atoms with Crippen LogP contribution in [0.2, 0.25) is 0 Å². The molecular weight excluding hydrogens is 576 g/mol. The smallest absolute Gasteiger partial charge is 0.416 e. The Labute approximate surface area is 243 Å². The Kier molecular flexibility index (Phi) is 11.6. The molecule has 0 radical (unpaired) electrons. The van der Waals surface area contributed by atoms with Gasteiger partial charge in [-0.2, -0.15) is 13.2 Å². The van der Waals surface area contributed by atoms with E-state index >= 15 is 0 Å². The third kappa shape index (κ3) is 8.39. The lowest BCUT2D eigenvalue weighted by Gasteiger charge is -2.11. The van der Waals surface area contributed by atoms with Crippen molar-refractivity contribution < 1.29 is 37.5 Å². The summed E-state index contributed by atoms with van der Waals surface area (Å²) in [5, 5.41) is 15.5. The highest BCUT2D eigenvalue weighted by Gasteiger charge is 2.32. The Morgan fingerprint density at radius 2 is 1.69 bits per heavy atom. The monoisotopic (exact) mass is 606 g/mol. The Morgan fingerprint density at radius 1 is 0.976 bits per heavy atom. The van der Waals surface area contributed by atoms with E-state index < -0.39 is 11.7 Å². The van der Waals surface area contributed by atoms with Crippen molar-refractivity contribution in [3.8, 4) is 16.3 Å². The summed E-state index contributed by atoms with van der Waals surface area (Å²) in [7, 11) is 3.33. The van der Waals surface area contributed by atoms with Gasteiger partial charge in [-0.25, -0.2) is 14.4 Å².